The molecule has 0 radical (unpaired) electrons. The minimum absolute atomic E-state index is 0.0907. The largest absolute Gasteiger partial charge is 0.507 e. The van der Waals surface area contributed by atoms with Crippen molar-refractivity contribution >= 4 is 5.78 Å². The highest BCUT2D eigenvalue weighted by atomic mass is 16.5. The summed E-state index contributed by atoms with van der Waals surface area (Å²) in [6.07, 6.45) is -2.56. The number of aliphatic hydroxyl groups is 1. The van der Waals surface area contributed by atoms with Gasteiger partial charge in [0, 0.05) is 17.7 Å². The number of methoxy groups -OCH3 is 4. The SMILES string of the molecule is COc1cc(O)c2c(c1)O[C@@H](c1cc(OC)c(OC)c(OC)c1)[C@H](O)C2=O. The number of ketones is 1. The van der Waals surface area contributed by atoms with Crippen LogP contribution in [0.5, 0.6) is 34.5 Å². The van der Waals surface area contributed by atoms with Crippen molar-refractivity contribution < 1.29 is 38.7 Å². The number of aromatic hydroxyl groups is 1. The molecule has 2 N–H and O–H groups in total. The van der Waals surface area contributed by atoms with Gasteiger partial charge in [0.05, 0.1) is 28.4 Å². The minimum atomic E-state index is -1.53. The lowest BCUT2D eigenvalue weighted by atomic mass is 9.92. The van der Waals surface area contributed by atoms with E-state index in [-0.39, 0.29) is 17.1 Å². The van der Waals surface area contributed by atoms with Gasteiger partial charge in [-0.05, 0) is 12.1 Å². The predicted octanol–water partition coefficient (Wildman–Crippen LogP) is 2.10. The van der Waals surface area contributed by atoms with Crippen LogP contribution in [0, 0.1) is 0 Å². The molecule has 8 heteroatoms. The van der Waals surface area contributed by atoms with Gasteiger partial charge in [0.15, 0.2) is 23.7 Å². The van der Waals surface area contributed by atoms with Crippen LogP contribution in [0.3, 0.4) is 0 Å². The lowest BCUT2D eigenvalue weighted by Crippen LogP contribution is -2.36. The van der Waals surface area contributed by atoms with E-state index in [1.165, 1.54) is 40.6 Å². The first-order valence-electron chi connectivity index (χ1n) is 8.05. The number of phenols is 1. The van der Waals surface area contributed by atoms with Crippen molar-refractivity contribution in [1.29, 1.82) is 0 Å². The zero-order chi connectivity index (χ0) is 19.7. The molecular formula is C19H20O8. The molecule has 2 aromatic rings. The number of benzene rings is 2. The average molecular weight is 376 g/mol. The molecule has 8 nitrogen and oxygen atoms in total. The summed E-state index contributed by atoms with van der Waals surface area (Å²) in [5.41, 5.74) is 0.352. The predicted molar refractivity (Wildman–Crippen MR) is 94.5 cm³/mol. The molecule has 0 saturated carbocycles. The second-order valence-corrected chi connectivity index (χ2v) is 5.83. The van der Waals surface area contributed by atoms with Crippen LogP contribution in [0.15, 0.2) is 24.3 Å². The molecule has 0 aromatic heterocycles. The van der Waals surface area contributed by atoms with E-state index in [0.29, 0.717) is 28.6 Å². The second-order valence-electron chi connectivity index (χ2n) is 5.83. The van der Waals surface area contributed by atoms with E-state index in [1.807, 2.05) is 0 Å². The zero-order valence-corrected chi connectivity index (χ0v) is 15.3. The number of carbonyl (C=O) groups is 1. The van der Waals surface area contributed by atoms with Gasteiger partial charge in [-0.25, -0.2) is 0 Å². The number of hydrogen-bond acceptors (Lipinski definition) is 8. The van der Waals surface area contributed by atoms with E-state index >= 15 is 0 Å². The number of Topliss-reactive ketones (excluding diaryl/α,β-unsaturated/α-hetero) is 1. The molecule has 0 bridgehead atoms. The van der Waals surface area contributed by atoms with Crippen LogP contribution in [0.2, 0.25) is 0 Å². The Hall–Kier alpha value is -3.13. The third-order valence-corrected chi connectivity index (χ3v) is 4.36. The van der Waals surface area contributed by atoms with Crippen molar-refractivity contribution in [2.24, 2.45) is 0 Å². The van der Waals surface area contributed by atoms with Crippen LogP contribution >= 0.6 is 0 Å². The summed E-state index contributed by atoms with van der Waals surface area (Å²) in [6.45, 7) is 0. The maximum Gasteiger partial charge on any atom is 0.203 e. The summed E-state index contributed by atoms with van der Waals surface area (Å²) in [5.74, 6) is 0.538. The molecule has 0 aliphatic carbocycles. The number of phenolic OH excluding ortho intramolecular Hbond substituents is 1. The molecule has 0 fully saturated rings. The molecule has 0 saturated heterocycles. The normalized spacial score (nSPS) is 18.3. The quantitative estimate of drug-likeness (QED) is 0.818. The number of ether oxygens (including phenoxy) is 5. The van der Waals surface area contributed by atoms with Crippen molar-refractivity contribution in [2.45, 2.75) is 12.2 Å². The van der Waals surface area contributed by atoms with Crippen LogP contribution in [-0.2, 0) is 0 Å². The number of carbonyl (C=O) groups excluding carboxylic acids is 1. The molecule has 144 valence electrons. The van der Waals surface area contributed by atoms with Gasteiger partial charge in [-0.3, -0.25) is 4.79 Å². The van der Waals surface area contributed by atoms with Gasteiger partial charge in [0.1, 0.15) is 22.8 Å². The first-order valence-corrected chi connectivity index (χ1v) is 8.05. The number of fused-ring (bicyclic) bond motifs is 1. The van der Waals surface area contributed by atoms with E-state index in [0.717, 1.165) is 0 Å². The molecule has 0 spiro atoms. The van der Waals surface area contributed by atoms with Crippen molar-refractivity contribution in [2.75, 3.05) is 28.4 Å². The smallest absolute Gasteiger partial charge is 0.203 e. The second kappa shape index (κ2) is 7.24. The van der Waals surface area contributed by atoms with Crippen molar-refractivity contribution in [3.05, 3.63) is 35.4 Å². The fraction of sp³-hybridized carbons (Fsp3) is 0.316. The van der Waals surface area contributed by atoms with Crippen LogP contribution in [0.1, 0.15) is 22.0 Å². The summed E-state index contributed by atoms with van der Waals surface area (Å²) >= 11 is 0. The standard InChI is InChI=1S/C19H20O8/c1-23-10-7-11(20)15-12(8-10)27-18(17(22)16(15)21)9-5-13(24-2)19(26-4)14(6-9)25-3/h5-8,17-18,20,22H,1-4H3/t17-,18+/m1/s1. The van der Waals surface area contributed by atoms with Crippen molar-refractivity contribution in [3.63, 3.8) is 0 Å². The maximum atomic E-state index is 12.6. The Kier molecular flexibility index (Phi) is 5.00. The van der Waals surface area contributed by atoms with Crippen molar-refractivity contribution in [1.82, 2.24) is 0 Å². The molecule has 1 aliphatic rings. The highest BCUT2D eigenvalue weighted by Crippen LogP contribution is 2.45. The van der Waals surface area contributed by atoms with Crippen LogP contribution in [0.4, 0.5) is 0 Å². The number of aliphatic hydroxyl groups excluding tert-OH is 1. The van der Waals surface area contributed by atoms with Gasteiger partial charge < -0.3 is 33.9 Å². The lowest BCUT2D eigenvalue weighted by Gasteiger charge is -2.31. The topological polar surface area (TPSA) is 104 Å². The van der Waals surface area contributed by atoms with E-state index in [2.05, 4.69) is 0 Å². The van der Waals surface area contributed by atoms with E-state index in [9.17, 15) is 15.0 Å². The summed E-state index contributed by atoms with van der Waals surface area (Å²) < 4.78 is 26.8. The fourth-order valence-electron chi connectivity index (χ4n) is 3.04. The van der Waals surface area contributed by atoms with E-state index in [4.69, 9.17) is 23.7 Å². The lowest BCUT2D eigenvalue weighted by molar-refractivity contribution is 0.0209. The monoisotopic (exact) mass is 376 g/mol. The highest BCUT2D eigenvalue weighted by molar-refractivity contribution is 6.05. The number of rotatable bonds is 5. The molecule has 2 atom stereocenters. The minimum Gasteiger partial charge on any atom is -0.507 e. The Morgan fingerprint density at radius 2 is 1.56 bits per heavy atom. The molecular weight excluding hydrogens is 356 g/mol. The van der Waals surface area contributed by atoms with Crippen LogP contribution in [0.25, 0.3) is 0 Å². The highest BCUT2D eigenvalue weighted by Gasteiger charge is 2.40. The fourth-order valence-corrected chi connectivity index (χ4v) is 3.04. The molecule has 3 rings (SSSR count). The molecule has 2 aromatic carbocycles. The zero-order valence-electron chi connectivity index (χ0n) is 15.3. The Morgan fingerprint density at radius 3 is 2.07 bits per heavy atom. The Bertz CT molecular complexity index is 851. The molecule has 0 amide bonds. The summed E-state index contributed by atoms with van der Waals surface area (Å²) in [7, 11) is 5.82. The summed E-state index contributed by atoms with van der Waals surface area (Å²) in [5, 5.41) is 20.6. The molecule has 1 aliphatic heterocycles. The first kappa shape index (κ1) is 18.7. The molecule has 1 heterocycles. The summed E-state index contributed by atoms with van der Waals surface area (Å²) in [4.78, 5) is 12.6. The maximum absolute atomic E-state index is 12.6. The molecule has 27 heavy (non-hydrogen) atoms. The van der Waals surface area contributed by atoms with Gasteiger partial charge in [0.2, 0.25) is 11.5 Å². The third kappa shape index (κ3) is 3.08. The van der Waals surface area contributed by atoms with E-state index in [1.54, 1.807) is 12.1 Å². The van der Waals surface area contributed by atoms with Crippen molar-refractivity contribution in [3.8, 4) is 34.5 Å². The third-order valence-electron chi connectivity index (χ3n) is 4.36. The van der Waals surface area contributed by atoms with Gasteiger partial charge >= 0.3 is 0 Å². The summed E-state index contributed by atoms with van der Waals surface area (Å²) in [6, 6.07) is 5.94. The van der Waals surface area contributed by atoms with Crippen LogP contribution < -0.4 is 23.7 Å². The van der Waals surface area contributed by atoms with Gasteiger partial charge in [-0.2, -0.15) is 0 Å². The van der Waals surface area contributed by atoms with E-state index < -0.39 is 18.0 Å². The van der Waals surface area contributed by atoms with Gasteiger partial charge in [0.25, 0.3) is 0 Å². The number of hydrogen-bond donors (Lipinski definition) is 2. The average Bonchev–Trinajstić information content (AvgIpc) is 2.68. The Balaban J connectivity index is 2.11. The Morgan fingerprint density at radius 1 is 0.926 bits per heavy atom. The van der Waals surface area contributed by atoms with Gasteiger partial charge in [-0.15, -0.1) is 0 Å². The molecule has 0 unspecified atom stereocenters. The van der Waals surface area contributed by atoms with Crippen LogP contribution in [-0.4, -0.2) is 50.5 Å². The Labute approximate surface area is 155 Å². The first-order chi connectivity index (χ1) is 12.9. The van der Waals surface area contributed by atoms with Gasteiger partial charge in [-0.1, -0.05) is 0 Å².